The van der Waals surface area contributed by atoms with Gasteiger partial charge in [0.2, 0.25) is 6.41 Å². The molecule has 1 aromatic carbocycles. The third kappa shape index (κ3) is 6.16. The number of benzene rings is 1. The van der Waals surface area contributed by atoms with Crippen molar-refractivity contribution in [2.75, 3.05) is 12.4 Å². The van der Waals surface area contributed by atoms with Crippen molar-refractivity contribution in [3.05, 3.63) is 77.6 Å². The molecule has 33 heavy (non-hydrogen) atoms. The number of methoxy groups -OCH3 is 1. The quantitative estimate of drug-likeness (QED) is 0.338. The van der Waals surface area contributed by atoms with Crippen LogP contribution in [0.3, 0.4) is 0 Å². The van der Waals surface area contributed by atoms with Crippen LogP contribution >= 0.6 is 0 Å². The number of carbonyl (C=O) groups is 1. The van der Waals surface area contributed by atoms with Crippen LogP contribution in [0.4, 0.5) is 5.82 Å². The Labute approximate surface area is 192 Å². The summed E-state index contributed by atoms with van der Waals surface area (Å²) in [4.78, 5) is 20.8. The summed E-state index contributed by atoms with van der Waals surface area (Å²) in [5.41, 5.74) is 3.34. The molecule has 168 valence electrons. The summed E-state index contributed by atoms with van der Waals surface area (Å²) in [7, 11) is 1.32. The normalized spacial score (nSPS) is 14.2. The number of aromatic nitrogens is 2. The molecule has 0 radical (unpaired) electrons. The number of hydrogen-bond donors (Lipinski definition) is 2. The molecule has 1 atom stereocenters. The van der Waals surface area contributed by atoms with Crippen molar-refractivity contribution >= 4 is 11.8 Å². The number of nitrogens with zero attached hydrogens (tertiary/aromatic N) is 2. The lowest BCUT2D eigenvalue weighted by Gasteiger charge is -2.19. The Bertz CT molecular complexity index is 1150. The number of hydrogen-bond acceptors (Lipinski definition) is 7. The highest BCUT2D eigenvalue weighted by Gasteiger charge is 2.20. The first-order valence-corrected chi connectivity index (χ1v) is 10.8. The Kier molecular flexibility index (Phi) is 7.30. The smallest absolute Gasteiger partial charge is 0.338 e. The fourth-order valence-corrected chi connectivity index (χ4v) is 3.66. The molecular formula is C26H25N3O4. The number of nitrogens with one attached hydrogen (secondary N) is 1. The number of esters is 1. The van der Waals surface area contributed by atoms with Gasteiger partial charge < -0.3 is 19.9 Å². The van der Waals surface area contributed by atoms with E-state index < -0.39 is 12.4 Å². The van der Waals surface area contributed by atoms with Gasteiger partial charge in [-0.1, -0.05) is 36.8 Å². The monoisotopic (exact) mass is 443 g/mol. The number of rotatable bonds is 6. The zero-order valence-electron chi connectivity index (χ0n) is 18.3. The minimum atomic E-state index is -1.22. The first-order chi connectivity index (χ1) is 16.1. The predicted octanol–water partition coefficient (Wildman–Crippen LogP) is 3.98. The van der Waals surface area contributed by atoms with Gasteiger partial charge in [0, 0.05) is 29.1 Å². The van der Waals surface area contributed by atoms with Crippen LogP contribution in [0.1, 0.15) is 47.2 Å². The van der Waals surface area contributed by atoms with Crippen LogP contribution in [0.5, 0.6) is 0 Å². The third-order valence-corrected chi connectivity index (χ3v) is 5.33. The fraction of sp³-hybridized carbons (Fsp3) is 0.269. The highest BCUT2D eigenvalue weighted by atomic mass is 16.6. The van der Waals surface area contributed by atoms with E-state index in [4.69, 9.17) is 9.47 Å². The van der Waals surface area contributed by atoms with Crippen molar-refractivity contribution in [2.45, 2.75) is 38.2 Å². The summed E-state index contributed by atoms with van der Waals surface area (Å²) in [6.45, 7) is 0. The largest absolute Gasteiger partial charge is 0.465 e. The lowest BCUT2D eigenvalue weighted by molar-refractivity contribution is -0.115. The fourth-order valence-electron chi connectivity index (χ4n) is 3.66. The Morgan fingerprint density at radius 1 is 1.12 bits per heavy atom. The molecule has 7 heteroatoms. The Hall–Kier alpha value is -3.73. The van der Waals surface area contributed by atoms with Crippen LogP contribution in [0.2, 0.25) is 0 Å². The van der Waals surface area contributed by atoms with Crippen LogP contribution in [-0.4, -0.2) is 40.7 Å². The van der Waals surface area contributed by atoms with E-state index in [9.17, 15) is 9.90 Å². The second kappa shape index (κ2) is 10.7. The van der Waals surface area contributed by atoms with E-state index in [1.165, 1.54) is 13.2 Å². The highest BCUT2D eigenvalue weighted by Crippen LogP contribution is 2.25. The van der Waals surface area contributed by atoms with E-state index in [2.05, 4.69) is 27.1 Å². The van der Waals surface area contributed by atoms with Crippen molar-refractivity contribution in [1.29, 1.82) is 0 Å². The van der Waals surface area contributed by atoms with E-state index in [0.29, 0.717) is 17.1 Å². The SMILES string of the molecule is COC(=O)c1cc(NC(O)OC2CCCC2)nc(-c2ccc(C#Cc3cccnc3)cc2)c1. The van der Waals surface area contributed by atoms with Gasteiger partial charge in [0.1, 0.15) is 5.82 Å². The molecule has 1 fully saturated rings. The summed E-state index contributed by atoms with van der Waals surface area (Å²) >= 11 is 0. The van der Waals surface area contributed by atoms with E-state index in [1.807, 2.05) is 36.4 Å². The minimum absolute atomic E-state index is 0.0241. The predicted molar refractivity (Wildman–Crippen MR) is 124 cm³/mol. The first kappa shape index (κ1) is 22.5. The first-order valence-electron chi connectivity index (χ1n) is 10.8. The van der Waals surface area contributed by atoms with Gasteiger partial charge in [0.15, 0.2) is 0 Å². The zero-order chi connectivity index (χ0) is 23.0. The van der Waals surface area contributed by atoms with E-state index in [1.54, 1.807) is 18.5 Å². The lowest BCUT2D eigenvalue weighted by Crippen LogP contribution is -2.27. The molecule has 0 amide bonds. The molecule has 0 saturated heterocycles. The molecule has 0 aliphatic heterocycles. The van der Waals surface area contributed by atoms with Gasteiger partial charge in [-0.05, 0) is 49.2 Å². The average Bonchev–Trinajstić information content (AvgIpc) is 3.36. The molecule has 3 aromatic rings. The molecule has 7 nitrogen and oxygen atoms in total. The number of pyridine rings is 2. The third-order valence-electron chi connectivity index (χ3n) is 5.33. The van der Waals surface area contributed by atoms with Crippen molar-refractivity contribution in [2.24, 2.45) is 0 Å². The van der Waals surface area contributed by atoms with Crippen molar-refractivity contribution in [1.82, 2.24) is 9.97 Å². The summed E-state index contributed by atoms with van der Waals surface area (Å²) < 4.78 is 10.5. The number of aliphatic hydroxyl groups is 1. The van der Waals surface area contributed by atoms with Crippen LogP contribution in [0, 0.1) is 11.8 Å². The van der Waals surface area contributed by atoms with Crippen LogP contribution < -0.4 is 5.32 Å². The number of anilines is 1. The number of aliphatic hydroxyl groups excluding tert-OH is 1. The van der Waals surface area contributed by atoms with Gasteiger partial charge in [-0.2, -0.15) is 0 Å². The van der Waals surface area contributed by atoms with Crippen molar-refractivity contribution in [3.63, 3.8) is 0 Å². The minimum Gasteiger partial charge on any atom is -0.465 e. The van der Waals surface area contributed by atoms with Crippen LogP contribution in [-0.2, 0) is 9.47 Å². The van der Waals surface area contributed by atoms with Gasteiger partial charge in [0.25, 0.3) is 0 Å². The Morgan fingerprint density at radius 3 is 2.58 bits per heavy atom. The Balaban J connectivity index is 1.55. The van der Waals surface area contributed by atoms with E-state index >= 15 is 0 Å². The molecule has 1 aliphatic carbocycles. The average molecular weight is 444 g/mol. The lowest BCUT2D eigenvalue weighted by atomic mass is 10.1. The maximum Gasteiger partial charge on any atom is 0.338 e. The van der Waals surface area contributed by atoms with Gasteiger partial charge in [-0.15, -0.1) is 0 Å². The Morgan fingerprint density at radius 2 is 1.88 bits per heavy atom. The highest BCUT2D eigenvalue weighted by molar-refractivity contribution is 5.91. The molecule has 0 spiro atoms. The van der Waals surface area contributed by atoms with E-state index in [-0.39, 0.29) is 6.10 Å². The van der Waals surface area contributed by atoms with Crippen molar-refractivity contribution in [3.8, 4) is 23.1 Å². The van der Waals surface area contributed by atoms with Gasteiger partial charge in [-0.25, -0.2) is 9.78 Å². The molecule has 1 saturated carbocycles. The summed E-state index contributed by atoms with van der Waals surface area (Å²) in [6, 6.07) is 14.5. The second-order valence-corrected chi connectivity index (χ2v) is 7.73. The second-order valence-electron chi connectivity index (χ2n) is 7.73. The molecule has 0 bridgehead atoms. The molecule has 1 aliphatic rings. The summed E-state index contributed by atoms with van der Waals surface area (Å²) in [5.74, 6) is 6.00. The zero-order valence-corrected chi connectivity index (χ0v) is 18.3. The van der Waals surface area contributed by atoms with E-state index in [0.717, 1.165) is 42.4 Å². The summed E-state index contributed by atoms with van der Waals surface area (Å²) in [5, 5.41) is 13.1. The summed E-state index contributed by atoms with van der Waals surface area (Å²) in [6.07, 6.45) is 6.27. The van der Waals surface area contributed by atoms with Gasteiger partial charge in [0.05, 0.1) is 24.5 Å². The molecule has 2 aromatic heterocycles. The molecular weight excluding hydrogens is 418 g/mol. The van der Waals surface area contributed by atoms with Crippen LogP contribution in [0.25, 0.3) is 11.3 Å². The maximum absolute atomic E-state index is 12.2. The van der Waals surface area contributed by atoms with Crippen LogP contribution in [0.15, 0.2) is 60.9 Å². The number of ether oxygens (including phenoxy) is 2. The molecule has 2 heterocycles. The topological polar surface area (TPSA) is 93.6 Å². The number of carbonyl (C=O) groups excluding carboxylic acids is 1. The van der Waals surface area contributed by atoms with Gasteiger partial charge in [-0.3, -0.25) is 4.98 Å². The molecule has 1 unspecified atom stereocenters. The standard InChI is InChI=1S/C26H25N3O4/c1-32-25(30)21-15-23(28-24(16-21)29-26(31)33-22-6-2-3-7-22)20-12-10-18(11-13-20)8-9-19-5-4-14-27-17-19/h4-5,10-17,22,26,31H,2-3,6-7H2,1H3,(H,28,29). The molecule has 2 N–H and O–H groups in total. The maximum atomic E-state index is 12.2. The van der Waals surface area contributed by atoms with Gasteiger partial charge >= 0.3 is 5.97 Å². The van der Waals surface area contributed by atoms with Crippen molar-refractivity contribution < 1.29 is 19.4 Å². The molecule has 4 rings (SSSR count).